The standard InChI is InChI=1S/C19H30N2O2S/c1-16-12-17(2)14-21(13-16)24(22,23)20-15-19(10-6-7-11-19)18-8-4-3-5-9-18/h3-5,8-9,16-17,20H,6-7,10-15H2,1-2H3. The van der Waals surface area contributed by atoms with E-state index >= 15 is 0 Å². The zero-order valence-electron chi connectivity index (χ0n) is 14.9. The molecule has 1 heterocycles. The average molecular weight is 351 g/mol. The van der Waals surface area contributed by atoms with E-state index in [4.69, 9.17) is 0 Å². The number of hydrogen-bond acceptors (Lipinski definition) is 2. The number of benzene rings is 1. The van der Waals surface area contributed by atoms with Gasteiger partial charge in [-0.05, 0) is 36.7 Å². The third-order valence-electron chi connectivity index (χ3n) is 5.72. The molecule has 2 unspecified atom stereocenters. The van der Waals surface area contributed by atoms with Gasteiger partial charge in [-0.15, -0.1) is 0 Å². The second-order valence-corrected chi connectivity index (χ2v) is 9.70. The van der Waals surface area contributed by atoms with E-state index in [1.54, 1.807) is 4.31 Å². The van der Waals surface area contributed by atoms with Crippen LogP contribution < -0.4 is 4.72 Å². The van der Waals surface area contributed by atoms with Gasteiger partial charge in [-0.25, -0.2) is 4.72 Å². The molecule has 2 fully saturated rings. The van der Waals surface area contributed by atoms with E-state index in [1.807, 2.05) is 6.07 Å². The Hall–Kier alpha value is -0.910. The molecule has 0 aromatic heterocycles. The SMILES string of the molecule is CC1CC(C)CN(S(=O)(=O)NCC2(c3ccccc3)CCCC2)C1. The van der Waals surface area contributed by atoms with E-state index in [2.05, 4.69) is 42.8 Å². The molecule has 1 N–H and O–H groups in total. The highest BCUT2D eigenvalue weighted by Crippen LogP contribution is 2.40. The minimum atomic E-state index is -3.40. The van der Waals surface area contributed by atoms with E-state index in [1.165, 1.54) is 18.4 Å². The van der Waals surface area contributed by atoms with Crippen LogP contribution in [-0.2, 0) is 15.6 Å². The highest BCUT2D eigenvalue weighted by Gasteiger charge is 2.38. The molecule has 2 atom stereocenters. The lowest BCUT2D eigenvalue weighted by Crippen LogP contribution is -2.50. The predicted octanol–water partition coefficient (Wildman–Crippen LogP) is 3.31. The molecule has 0 spiro atoms. The van der Waals surface area contributed by atoms with Crippen molar-refractivity contribution in [1.29, 1.82) is 0 Å². The summed E-state index contributed by atoms with van der Waals surface area (Å²) < 4.78 is 30.2. The maximum atomic E-state index is 12.8. The van der Waals surface area contributed by atoms with Crippen LogP contribution in [0.4, 0.5) is 0 Å². The van der Waals surface area contributed by atoms with Gasteiger partial charge in [0, 0.05) is 25.0 Å². The summed E-state index contributed by atoms with van der Waals surface area (Å²) in [5.74, 6) is 0.861. The molecule has 1 saturated heterocycles. The molecule has 0 radical (unpaired) electrons. The first-order chi connectivity index (χ1) is 11.4. The van der Waals surface area contributed by atoms with Gasteiger partial charge < -0.3 is 0 Å². The monoisotopic (exact) mass is 350 g/mol. The van der Waals surface area contributed by atoms with Crippen LogP contribution in [0.5, 0.6) is 0 Å². The largest absolute Gasteiger partial charge is 0.279 e. The molecule has 1 aromatic carbocycles. The molecule has 1 aliphatic heterocycles. The smallest absolute Gasteiger partial charge is 0.201 e. The summed E-state index contributed by atoms with van der Waals surface area (Å²) in [7, 11) is -3.40. The molecule has 1 saturated carbocycles. The fourth-order valence-corrected chi connectivity index (χ4v) is 6.08. The van der Waals surface area contributed by atoms with Gasteiger partial charge in [0.25, 0.3) is 10.2 Å². The van der Waals surface area contributed by atoms with Crippen LogP contribution >= 0.6 is 0 Å². The van der Waals surface area contributed by atoms with Gasteiger partial charge in [-0.1, -0.05) is 57.0 Å². The van der Waals surface area contributed by atoms with Crippen molar-refractivity contribution in [3.05, 3.63) is 35.9 Å². The Morgan fingerprint density at radius 2 is 1.67 bits per heavy atom. The van der Waals surface area contributed by atoms with Crippen molar-refractivity contribution in [2.75, 3.05) is 19.6 Å². The molecule has 1 aromatic rings. The summed E-state index contributed by atoms with van der Waals surface area (Å²) in [4.78, 5) is 0. The minimum Gasteiger partial charge on any atom is -0.201 e. The lowest BCUT2D eigenvalue weighted by molar-refractivity contribution is 0.219. The van der Waals surface area contributed by atoms with E-state index in [0.29, 0.717) is 31.5 Å². The predicted molar refractivity (Wildman–Crippen MR) is 98.0 cm³/mol. The first kappa shape index (κ1) is 17.9. The van der Waals surface area contributed by atoms with Gasteiger partial charge in [0.1, 0.15) is 0 Å². The summed E-state index contributed by atoms with van der Waals surface area (Å²) in [5.41, 5.74) is 1.23. The quantitative estimate of drug-likeness (QED) is 0.886. The molecule has 0 amide bonds. The fraction of sp³-hybridized carbons (Fsp3) is 0.684. The van der Waals surface area contributed by atoms with Crippen LogP contribution in [0.3, 0.4) is 0 Å². The van der Waals surface area contributed by atoms with Crippen molar-refractivity contribution in [1.82, 2.24) is 9.03 Å². The van der Waals surface area contributed by atoms with E-state index < -0.39 is 10.2 Å². The van der Waals surface area contributed by atoms with Gasteiger partial charge in [-0.3, -0.25) is 0 Å². The average Bonchev–Trinajstić information content (AvgIpc) is 3.03. The highest BCUT2D eigenvalue weighted by atomic mass is 32.2. The molecular weight excluding hydrogens is 320 g/mol. The first-order valence-electron chi connectivity index (χ1n) is 9.22. The zero-order chi connectivity index (χ0) is 17.2. The maximum Gasteiger partial charge on any atom is 0.279 e. The van der Waals surface area contributed by atoms with E-state index in [9.17, 15) is 8.42 Å². The molecule has 5 heteroatoms. The second-order valence-electron chi connectivity index (χ2n) is 7.94. The lowest BCUT2D eigenvalue weighted by Gasteiger charge is -2.36. The number of piperidine rings is 1. The molecule has 3 rings (SSSR count). The second kappa shape index (κ2) is 7.14. The summed E-state index contributed by atoms with van der Waals surface area (Å²) in [6, 6.07) is 10.4. The summed E-state index contributed by atoms with van der Waals surface area (Å²) in [6.07, 6.45) is 5.58. The highest BCUT2D eigenvalue weighted by molar-refractivity contribution is 7.87. The van der Waals surface area contributed by atoms with E-state index in [0.717, 1.165) is 19.3 Å². The van der Waals surface area contributed by atoms with Crippen molar-refractivity contribution < 1.29 is 8.42 Å². The number of nitrogens with one attached hydrogen (secondary N) is 1. The Labute approximate surface area is 146 Å². The topological polar surface area (TPSA) is 49.4 Å². The Balaban J connectivity index is 1.73. The van der Waals surface area contributed by atoms with Gasteiger partial charge in [0.2, 0.25) is 0 Å². The summed E-state index contributed by atoms with van der Waals surface area (Å²) >= 11 is 0. The number of nitrogens with zero attached hydrogens (tertiary/aromatic N) is 1. The first-order valence-corrected chi connectivity index (χ1v) is 10.7. The fourth-order valence-electron chi connectivity index (χ4n) is 4.53. The zero-order valence-corrected chi connectivity index (χ0v) is 15.7. The normalized spacial score (nSPS) is 28.1. The van der Waals surface area contributed by atoms with E-state index in [-0.39, 0.29) is 5.41 Å². The molecular formula is C19H30N2O2S. The van der Waals surface area contributed by atoms with Gasteiger partial charge >= 0.3 is 0 Å². The molecule has 0 bridgehead atoms. The lowest BCUT2D eigenvalue weighted by atomic mass is 9.79. The Bertz CT molecular complexity index is 629. The third-order valence-corrected chi connectivity index (χ3v) is 7.20. The molecule has 2 aliphatic rings. The Morgan fingerprint density at radius 1 is 1.08 bits per heavy atom. The van der Waals surface area contributed by atoms with Gasteiger partial charge in [0.15, 0.2) is 0 Å². The van der Waals surface area contributed by atoms with Crippen molar-refractivity contribution in [3.8, 4) is 0 Å². The van der Waals surface area contributed by atoms with Crippen LogP contribution in [0.2, 0.25) is 0 Å². The van der Waals surface area contributed by atoms with Crippen molar-refractivity contribution in [2.24, 2.45) is 11.8 Å². The minimum absolute atomic E-state index is 0.0403. The third kappa shape index (κ3) is 3.84. The maximum absolute atomic E-state index is 12.8. The van der Waals surface area contributed by atoms with Gasteiger partial charge in [0.05, 0.1) is 0 Å². The molecule has 1 aliphatic carbocycles. The Kier molecular flexibility index (Phi) is 5.33. The Morgan fingerprint density at radius 3 is 2.25 bits per heavy atom. The molecule has 134 valence electrons. The van der Waals surface area contributed by atoms with Gasteiger partial charge in [-0.2, -0.15) is 12.7 Å². The number of rotatable bonds is 5. The van der Waals surface area contributed by atoms with Crippen LogP contribution in [0.1, 0.15) is 51.5 Å². The van der Waals surface area contributed by atoms with Crippen LogP contribution in [0.25, 0.3) is 0 Å². The number of hydrogen-bond donors (Lipinski definition) is 1. The molecule has 24 heavy (non-hydrogen) atoms. The van der Waals surface area contributed by atoms with Crippen molar-refractivity contribution in [2.45, 2.75) is 51.4 Å². The van der Waals surface area contributed by atoms with Crippen molar-refractivity contribution >= 4 is 10.2 Å². The molecule has 4 nitrogen and oxygen atoms in total. The van der Waals surface area contributed by atoms with Crippen LogP contribution in [-0.4, -0.2) is 32.4 Å². The van der Waals surface area contributed by atoms with Crippen molar-refractivity contribution in [3.63, 3.8) is 0 Å². The summed E-state index contributed by atoms with van der Waals surface area (Å²) in [6.45, 7) is 6.07. The summed E-state index contributed by atoms with van der Waals surface area (Å²) in [5, 5.41) is 0. The van der Waals surface area contributed by atoms with Crippen LogP contribution in [0.15, 0.2) is 30.3 Å². The van der Waals surface area contributed by atoms with Crippen LogP contribution in [0, 0.1) is 11.8 Å².